The number of allylic oxidation sites excluding steroid dienone is 32. The zero-order chi connectivity index (χ0) is 61.0. The van der Waals surface area contributed by atoms with Crippen molar-refractivity contribution in [2.45, 2.75) is 38.5 Å². The second kappa shape index (κ2) is 22.7. The van der Waals surface area contributed by atoms with E-state index in [-0.39, 0.29) is 22.7 Å². The van der Waals surface area contributed by atoms with Crippen LogP contribution < -0.4 is 0 Å². The van der Waals surface area contributed by atoms with Crippen LogP contribution in [0.4, 0.5) is 0 Å². The van der Waals surface area contributed by atoms with Crippen molar-refractivity contribution in [3.63, 3.8) is 0 Å². The average molecular weight is 1230 g/mol. The molecule has 12 aliphatic carbocycles. The fraction of sp³-hybridized carbons (Fsp3) is 0.233. The lowest BCUT2D eigenvalue weighted by Crippen LogP contribution is -2.43. The molecule has 0 amide bonds. The van der Waals surface area contributed by atoms with Gasteiger partial charge in [-0.15, -0.1) is 0 Å². The smallest absolute Gasteiger partial charge is 0.423 e. The quantitative estimate of drug-likeness (QED) is 0.136. The van der Waals surface area contributed by atoms with Crippen molar-refractivity contribution >= 4 is 39.4 Å². The summed E-state index contributed by atoms with van der Waals surface area (Å²) in [4.78, 5) is 0. The Bertz CT molecular complexity index is 4470. The summed E-state index contributed by atoms with van der Waals surface area (Å²) in [5.74, 6) is 6.20. The molecular formula is C86H76BBrO2. The predicted octanol–water partition coefficient (Wildman–Crippen LogP) is 20.2. The second-order valence-electron chi connectivity index (χ2n) is 28.0. The highest BCUT2D eigenvalue weighted by atomic mass is 79.9. The Kier molecular flexibility index (Phi) is 14.4. The average Bonchev–Trinajstić information content (AvgIpc) is 1.56. The van der Waals surface area contributed by atoms with Crippen LogP contribution in [0.2, 0.25) is 0 Å². The van der Waals surface area contributed by atoms with E-state index < -0.39 is 7.12 Å². The van der Waals surface area contributed by atoms with E-state index in [4.69, 9.17) is 0 Å². The Hall–Kier alpha value is -8.12. The SMILES string of the molecule is CC1(C)c2ccccc2-c2ccc(-c3ccc4ccc(Br)cc4c3)cc21.CC1(C)c2ccccc2-c2ccc(C3=CC4C=C(C5=CC6C=CC7C=CC=CC7C6C6C=CC=CC56)C=CC4C=C3)cc21.OB(O)C1=CC2C=CC3C=CC=CC3C2C2C=CC=CC12. The third-order valence-electron chi connectivity index (χ3n) is 22.5. The molecule has 14 unspecified atom stereocenters. The van der Waals surface area contributed by atoms with Crippen molar-refractivity contribution in [3.05, 3.63) is 340 Å². The summed E-state index contributed by atoms with van der Waals surface area (Å²) in [5.41, 5.74) is 20.2. The van der Waals surface area contributed by atoms with Gasteiger partial charge in [-0.2, -0.15) is 0 Å². The van der Waals surface area contributed by atoms with Gasteiger partial charge in [-0.1, -0.05) is 305 Å². The van der Waals surface area contributed by atoms with Crippen molar-refractivity contribution in [3.8, 4) is 33.4 Å². The molecule has 442 valence electrons. The normalized spacial score (nSPS) is 30.5. The summed E-state index contributed by atoms with van der Waals surface area (Å²) >= 11 is 3.59. The molecule has 2 nitrogen and oxygen atoms in total. The lowest BCUT2D eigenvalue weighted by atomic mass is 9.52. The molecule has 0 aliphatic heterocycles. The van der Waals surface area contributed by atoms with Gasteiger partial charge in [0.15, 0.2) is 0 Å². The van der Waals surface area contributed by atoms with Gasteiger partial charge in [0.05, 0.1) is 0 Å². The fourth-order valence-corrected chi connectivity index (χ4v) is 18.4. The molecule has 14 atom stereocenters. The standard InChI is InChI=1S/C43H38.C25H19Br.C18H19BO2/c1-43(2)40-14-8-7-12-36(40)37-22-21-30(26-41(37)43)29-18-15-27-16-19-31(24-33(27)23-29)39-25-32-20-17-28-9-3-4-10-34(28)42(32)38-13-6-5-11-35(38)39;1-25(2)23-6-4-3-5-21(23)22-12-10-18(15-24(22)25)17-8-7-16-9-11-20(26)14-19(16)13-17;20-19(21)17-11-13-10-9-12-5-1-2-6-14(12)18(13)16-8-4-3-7-15(16)17/h3-28,32-35,38,42H,1-2H3;3-15H,1-2H3;1-16,18,20-21H. The van der Waals surface area contributed by atoms with Gasteiger partial charge in [-0.25, -0.2) is 0 Å². The highest BCUT2D eigenvalue weighted by Gasteiger charge is 2.48. The van der Waals surface area contributed by atoms with E-state index in [0.717, 1.165) is 9.95 Å². The van der Waals surface area contributed by atoms with E-state index in [9.17, 15) is 10.0 Å². The number of hydrogen-bond acceptors (Lipinski definition) is 2. The fourth-order valence-electron chi connectivity index (χ4n) is 18.0. The summed E-state index contributed by atoms with van der Waals surface area (Å²) in [6, 6.07) is 45.0. The number of benzene rings is 6. The molecule has 0 fully saturated rings. The molecule has 6 aromatic rings. The Morgan fingerprint density at radius 3 is 1.48 bits per heavy atom. The molecule has 4 heteroatoms. The van der Waals surface area contributed by atoms with Crippen molar-refractivity contribution in [1.82, 2.24) is 0 Å². The first-order valence-electron chi connectivity index (χ1n) is 32.9. The number of fused-ring (bicyclic) bond motifs is 18. The molecule has 0 saturated heterocycles. The van der Waals surface area contributed by atoms with Crippen molar-refractivity contribution in [2.75, 3.05) is 0 Å². The minimum Gasteiger partial charge on any atom is -0.423 e. The molecule has 0 heterocycles. The van der Waals surface area contributed by atoms with Crippen LogP contribution >= 0.6 is 15.9 Å². The number of hydrogen-bond donors (Lipinski definition) is 2. The van der Waals surface area contributed by atoms with Crippen LogP contribution in [0.5, 0.6) is 0 Å². The monoisotopic (exact) mass is 1230 g/mol. The van der Waals surface area contributed by atoms with Crippen molar-refractivity contribution < 1.29 is 10.0 Å². The van der Waals surface area contributed by atoms with Gasteiger partial charge >= 0.3 is 7.12 Å². The zero-order valence-corrected chi connectivity index (χ0v) is 53.2. The Morgan fingerprint density at radius 2 is 0.833 bits per heavy atom. The zero-order valence-electron chi connectivity index (χ0n) is 51.6. The topological polar surface area (TPSA) is 40.5 Å². The van der Waals surface area contributed by atoms with Crippen molar-refractivity contribution in [2.24, 2.45) is 82.9 Å². The maximum atomic E-state index is 9.72. The van der Waals surface area contributed by atoms with Crippen LogP contribution in [0.3, 0.4) is 0 Å². The first-order valence-corrected chi connectivity index (χ1v) is 33.7. The largest absolute Gasteiger partial charge is 0.484 e. The van der Waals surface area contributed by atoms with Gasteiger partial charge in [-0.05, 0) is 172 Å². The molecule has 0 spiro atoms. The molecule has 0 aromatic heterocycles. The molecule has 2 N–H and O–H groups in total. The van der Waals surface area contributed by atoms with E-state index in [1.54, 1.807) is 0 Å². The van der Waals surface area contributed by atoms with Gasteiger partial charge < -0.3 is 10.0 Å². The molecule has 18 rings (SSSR count). The molecule has 0 saturated carbocycles. The Balaban J connectivity index is 0.000000117. The second-order valence-corrected chi connectivity index (χ2v) is 28.9. The van der Waals surface area contributed by atoms with E-state index in [1.807, 2.05) is 6.08 Å². The number of halogens is 1. The third kappa shape index (κ3) is 9.74. The van der Waals surface area contributed by atoms with Gasteiger partial charge in [-0.3, -0.25) is 0 Å². The lowest BCUT2D eigenvalue weighted by Gasteiger charge is -2.48. The van der Waals surface area contributed by atoms with Gasteiger partial charge in [0.2, 0.25) is 0 Å². The number of rotatable bonds is 4. The first-order chi connectivity index (χ1) is 43.8. The van der Waals surface area contributed by atoms with Crippen molar-refractivity contribution in [1.29, 1.82) is 0 Å². The highest BCUT2D eigenvalue weighted by molar-refractivity contribution is 9.10. The van der Waals surface area contributed by atoms with Crippen LogP contribution in [0.1, 0.15) is 55.5 Å². The third-order valence-corrected chi connectivity index (χ3v) is 23.0. The predicted molar refractivity (Wildman–Crippen MR) is 380 cm³/mol. The van der Waals surface area contributed by atoms with Gasteiger partial charge in [0.1, 0.15) is 0 Å². The molecule has 0 radical (unpaired) electrons. The van der Waals surface area contributed by atoms with Crippen LogP contribution in [-0.2, 0) is 10.8 Å². The Labute approximate surface area is 541 Å². The molecule has 0 bridgehead atoms. The Morgan fingerprint density at radius 1 is 0.356 bits per heavy atom. The van der Waals surface area contributed by atoms with Gasteiger partial charge in [0.25, 0.3) is 0 Å². The van der Waals surface area contributed by atoms with Crippen LogP contribution in [-0.4, -0.2) is 17.2 Å². The first kappa shape index (κ1) is 57.1. The maximum absolute atomic E-state index is 9.72. The summed E-state index contributed by atoms with van der Waals surface area (Å²) in [6.45, 7) is 9.41. The molecule has 12 aliphatic rings. The van der Waals surface area contributed by atoms with E-state index in [2.05, 4.69) is 329 Å². The van der Waals surface area contributed by atoms with E-state index in [1.165, 1.54) is 88.7 Å². The molecule has 6 aromatic carbocycles. The minimum absolute atomic E-state index is 0.0190. The maximum Gasteiger partial charge on any atom is 0.484 e. The molecular weight excluding hydrogens is 1160 g/mol. The summed E-state index contributed by atoms with van der Waals surface area (Å²) in [5, 5.41) is 22.0. The lowest BCUT2D eigenvalue weighted by molar-refractivity contribution is 0.185. The summed E-state index contributed by atoms with van der Waals surface area (Å²) in [6.07, 6.45) is 65.1. The van der Waals surface area contributed by atoms with Crippen LogP contribution in [0, 0.1) is 82.9 Å². The van der Waals surface area contributed by atoms with E-state index >= 15 is 0 Å². The summed E-state index contributed by atoms with van der Waals surface area (Å²) in [7, 11) is -1.36. The summed E-state index contributed by atoms with van der Waals surface area (Å²) < 4.78 is 1.12. The van der Waals surface area contributed by atoms with Crippen LogP contribution in [0.25, 0.3) is 49.7 Å². The molecule has 90 heavy (non-hydrogen) atoms. The minimum atomic E-state index is -1.36. The van der Waals surface area contributed by atoms with Crippen LogP contribution in [0.15, 0.2) is 313 Å². The van der Waals surface area contributed by atoms with Gasteiger partial charge in [0, 0.05) is 50.8 Å². The highest BCUT2D eigenvalue weighted by Crippen LogP contribution is 2.56. The van der Waals surface area contributed by atoms with E-state index in [0.29, 0.717) is 71.0 Å².